The maximum atomic E-state index is 12.6. The highest BCUT2D eigenvalue weighted by Crippen LogP contribution is 2.29. The smallest absolute Gasteiger partial charge is 0.227 e. The normalized spacial score (nSPS) is 15.5. The predicted molar refractivity (Wildman–Crippen MR) is 118 cm³/mol. The van der Waals surface area contributed by atoms with Crippen molar-refractivity contribution in [2.75, 3.05) is 37.6 Å². The number of nitrogens with one attached hydrogen (secondary N) is 2. The molecule has 150 valence electrons. The number of piperazine rings is 1. The lowest BCUT2D eigenvalue weighted by Crippen LogP contribution is -2.43. The zero-order valence-corrected chi connectivity index (χ0v) is 17.4. The van der Waals surface area contributed by atoms with Crippen LogP contribution in [0.1, 0.15) is 38.7 Å². The van der Waals surface area contributed by atoms with Gasteiger partial charge in [0.2, 0.25) is 5.91 Å². The number of rotatable bonds is 7. The molecule has 0 aromatic heterocycles. The molecule has 1 aliphatic heterocycles. The number of hydrogen-bond acceptors (Lipinski definition) is 3. The summed E-state index contributed by atoms with van der Waals surface area (Å²) in [4.78, 5) is 15.0. The molecule has 0 unspecified atom stereocenters. The third kappa shape index (κ3) is 5.14. The van der Waals surface area contributed by atoms with E-state index in [1.54, 1.807) is 0 Å². The summed E-state index contributed by atoms with van der Waals surface area (Å²) in [5.41, 5.74) is 4.74. The van der Waals surface area contributed by atoms with Crippen LogP contribution in [0, 0.1) is 5.92 Å². The average Bonchev–Trinajstić information content (AvgIpc) is 2.73. The van der Waals surface area contributed by atoms with Crippen molar-refractivity contribution < 1.29 is 4.79 Å². The molecule has 2 aromatic carbocycles. The van der Waals surface area contributed by atoms with E-state index < -0.39 is 0 Å². The third-order valence-electron chi connectivity index (χ3n) is 5.35. The molecule has 1 fully saturated rings. The Labute approximate surface area is 169 Å². The highest BCUT2D eigenvalue weighted by Gasteiger charge is 2.21. The molecule has 4 heteroatoms. The first kappa shape index (κ1) is 20.4. The quantitative estimate of drug-likeness (QED) is 0.763. The molecule has 4 nitrogen and oxygen atoms in total. The van der Waals surface area contributed by atoms with Crippen LogP contribution < -0.4 is 15.5 Å². The molecule has 0 saturated carbocycles. The zero-order valence-electron chi connectivity index (χ0n) is 17.4. The van der Waals surface area contributed by atoms with Crippen molar-refractivity contribution in [1.29, 1.82) is 0 Å². The highest BCUT2D eigenvalue weighted by atomic mass is 16.1. The van der Waals surface area contributed by atoms with Crippen molar-refractivity contribution in [3.8, 4) is 11.1 Å². The van der Waals surface area contributed by atoms with Crippen molar-refractivity contribution in [2.24, 2.45) is 5.92 Å². The first-order valence-corrected chi connectivity index (χ1v) is 10.5. The van der Waals surface area contributed by atoms with E-state index >= 15 is 0 Å². The molecule has 0 bridgehead atoms. The van der Waals surface area contributed by atoms with Gasteiger partial charge in [-0.3, -0.25) is 4.79 Å². The fourth-order valence-electron chi connectivity index (χ4n) is 3.89. The van der Waals surface area contributed by atoms with Crippen LogP contribution in [0.15, 0.2) is 48.5 Å². The number of hydrogen-bond donors (Lipinski definition) is 2. The van der Waals surface area contributed by atoms with Gasteiger partial charge in [-0.05, 0) is 48.1 Å². The topological polar surface area (TPSA) is 44.4 Å². The minimum atomic E-state index is -0.0972. The van der Waals surface area contributed by atoms with Gasteiger partial charge in [0, 0.05) is 38.4 Å². The van der Waals surface area contributed by atoms with Crippen molar-refractivity contribution in [1.82, 2.24) is 10.6 Å². The summed E-state index contributed by atoms with van der Waals surface area (Å²) < 4.78 is 0. The van der Waals surface area contributed by atoms with Gasteiger partial charge < -0.3 is 15.5 Å². The molecule has 3 rings (SSSR count). The van der Waals surface area contributed by atoms with Gasteiger partial charge in [-0.2, -0.15) is 0 Å². The van der Waals surface area contributed by atoms with Gasteiger partial charge in [0.15, 0.2) is 0 Å². The highest BCUT2D eigenvalue weighted by molar-refractivity contribution is 5.84. The predicted octanol–water partition coefficient (Wildman–Crippen LogP) is 4.03. The van der Waals surface area contributed by atoms with E-state index in [1.165, 1.54) is 16.8 Å². The summed E-state index contributed by atoms with van der Waals surface area (Å²) >= 11 is 0. The van der Waals surface area contributed by atoms with E-state index in [0.717, 1.165) is 38.2 Å². The first-order valence-electron chi connectivity index (χ1n) is 10.5. The summed E-state index contributed by atoms with van der Waals surface area (Å²) in [5, 5.41) is 6.40. The minimum Gasteiger partial charge on any atom is -0.369 e. The Morgan fingerprint density at radius 3 is 2.43 bits per heavy atom. The van der Waals surface area contributed by atoms with Crippen molar-refractivity contribution in [2.45, 2.75) is 33.1 Å². The Kier molecular flexibility index (Phi) is 7.10. The second-order valence-corrected chi connectivity index (χ2v) is 7.99. The third-order valence-corrected chi connectivity index (χ3v) is 5.35. The van der Waals surface area contributed by atoms with Crippen LogP contribution in [0.5, 0.6) is 0 Å². The van der Waals surface area contributed by atoms with E-state index in [2.05, 4.69) is 77.9 Å². The van der Waals surface area contributed by atoms with Crippen LogP contribution >= 0.6 is 0 Å². The summed E-state index contributed by atoms with van der Waals surface area (Å²) in [6, 6.07) is 17.3. The molecule has 2 N–H and O–H groups in total. The summed E-state index contributed by atoms with van der Waals surface area (Å²) in [7, 11) is 0. The molecule has 2 aromatic rings. The molecular weight excluding hydrogens is 346 g/mol. The lowest BCUT2D eigenvalue weighted by atomic mass is 9.88. The first-order chi connectivity index (χ1) is 13.6. The van der Waals surface area contributed by atoms with E-state index in [4.69, 9.17) is 0 Å². The Hall–Kier alpha value is -2.33. The fraction of sp³-hybridized carbons (Fsp3) is 0.458. The molecule has 1 saturated heterocycles. The Morgan fingerprint density at radius 1 is 1.07 bits per heavy atom. The van der Waals surface area contributed by atoms with Gasteiger partial charge in [0.1, 0.15) is 0 Å². The molecule has 1 atom stereocenters. The van der Waals surface area contributed by atoms with E-state index in [1.807, 2.05) is 6.92 Å². The van der Waals surface area contributed by atoms with Crippen LogP contribution in [-0.4, -0.2) is 38.6 Å². The van der Waals surface area contributed by atoms with Crippen molar-refractivity contribution in [3.63, 3.8) is 0 Å². The standard InChI is InChI=1S/C24H33N3O/c1-4-26-24(28)23(16-18(2)3)21-7-5-6-20(17-21)19-8-10-22(11-9-19)27-14-12-25-13-15-27/h5-11,17-18,23,25H,4,12-16H2,1-3H3,(H,26,28)/t23-/m1/s1. The zero-order chi connectivity index (χ0) is 19.9. The molecular formula is C24H33N3O. The fourth-order valence-corrected chi connectivity index (χ4v) is 3.89. The number of benzene rings is 2. The largest absolute Gasteiger partial charge is 0.369 e. The minimum absolute atomic E-state index is 0.0972. The van der Waals surface area contributed by atoms with E-state index in [-0.39, 0.29) is 11.8 Å². The lowest BCUT2D eigenvalue weighted by molar-refractivity contribution is -0.122. The van der Waals surface area contributed by atoms with Gasteiger partial charge in [-0.15, -0.1) is 0 Å². The number of anilines is 1. The maximum absolute atomic E-state index is 12.6. The van der Waals surface area contributed by atoms with Crippen LogP contribution in [-0.2, 0) is 4.79 Å². The van der Waals surface area contributed by atoms with E-state index in [9.17, 15) is 4.79 Å². The number of carbonyl (C=O) groups is 1. The summed E-state index contributed by atoms with van der Waals surface area (Å²) in [5.74, 6) is 0.497. The maximum Gasteiger partial charge on any atom is 0.227 e. The second kappa shape index (κ2) is 9.74. The molecule has 1 heterocycles. The summed E-state index contributed by atoms with van der Waals surface area (Å²) in [6.45, 7) is 11.2. The van der Waals surface area contributed by atoms with Crippen LogP contribution in [0.25, 0.3) is 11.1 Å². The molecule has 0 aliphatic carbocycles. The number of likely N-dealkylation sites (N-methyl/N-ethyl adjacent to an activating group) is 1. The Morgan fingerprint density at radius 2 is 1.79 bits per heavy atom. The molecule has 0 radical (unpaired) electrons. The van der Waals surface area contributed by atoms with Gasteiger partial charge in [-0.1, -0.05) is 50.2 Å². The van der Waals surface area contributed by atoms with Crippen molar-refractivity contribution >= 4 is 11.6 Å². The Bertz CT molecular complexity index is 764. The molecule has 0 spiro atoms. The SMILES string of the molecule is CCNC(=O)[C@H](CC(C)C)c1cccc(-c2ccc(N3CCNCC3)cc2)c1. The van der Waals surface area contributed by atoms with E-state index in [0.29, 0.717) is 12.5 Å². The monoisotopic (exact) mass is 379 g/mol. The second-order valence-electron chi connectivity index (χ2n) is 7.99. The van der Waals surface area contributed by atoms with Gasteiger partial charge in [0.05, 0.1) is 5.92 Å². The molecule has 28 heavy (non-hydrogen) atoms. The number of nitrogens with zero attached hydrogens (tertiary/aromatic N) is 1. The van der Waals surface area contributed by atoms with Crippen LogP contribution in [0.2, 0.25) is 0 Å². The van der Waals surface area contributed by atoms with Gasteiger partial charge in [-0.25, -0.2) is 0 Å². The average molecular weight is 380 g/mol. The van der Waals surface area contributed by atoms with Crippen LogP contribution in [0.3, 0.4) is 0 Å². The summed E-state index contributed by atoms with van der Waals surface area (Å²) in [6.07, 6.45) is 0.858. The molecule has 1 aliphatic rings. The van der Waals surface area contributed by atoms with Gasteiger partial charge >= 0.3 is 0 Å². The van der Waals surface area contributed by atoms with Crippen molar-refractivity contribution in [3.05, 3.63) is 54.1 Å². The van der Waals surface area contributed by atoms with Crippen LogP contribution in [0.4, 0.5) is 5.69 Å². The van der Waals surface area contributed by atoms with Gasteiger partial charge in [0.25, 0.3) is 0 Å². The number of amides is 1. The molecule has 1 amide bonds. The lowest BCUT2D eigenvalue weighted by Gasteiger charge is -2.29. The Balaban J connectivity index is 1.82. The number of carbonyl (C=O) groups excluding carboxylic acids is 1.